The molecule has 0 spiro atoms. The molecule has 4 N–H and O–H groups in total. The molecule has 112 valence electrons. The maximum Gasteiger partial charge on any atom is 0.251 e. The van der Waals surface area contributed by atoms with E-state index in [0.29, 0.717) is 37.4 Å². The maximum atomic E-state index is 12.1. The minimum absolute atomic E-state index is 0.143. The number of carbonyl (C=O) groups is 1. The summed E-state index contributed by atoms with van der Waals surface area (Å²) >= 11 is 0. The number of H-pyrrole nitrogens is 1. The monoisotopic (exact) mass is 289 g/mol. The van der Waals surface area contributed by atoms with Crippen molar-refractivity contribution in [3.63, 3.8) is 0 Å². The predicted molar refractivity (Wildman–Crippen MR) is 78.1 cm³/mol. The number of aryl methyl sites for hydroxylation is 1. The van der Waals surface area contributed by atoms with Crippen molar-refractivity contribution in [2.24, 2.45) is 5.73 Å². The van der Waals surface area contributed by atoms with Gasteiger partial charge in [0.05, 0.1) is 11.9 Å². The fourth-order valence-corrected chi connectivity index (χ4v) is 1.82. The molecule has 0 aliphatic heterocycles. The highest BCUT2D eigenvalue weighted by atomic mass is 16.5. The van der Waals surface area contributed by atoms with Gasteiger partial charge in [-0.1, -0.05) is 6.07 Å². The van der Waals surface area contributed by atoms with E-state index in [9.17, 15) is 4.79 Å². The lowest BCUT2D eigenvalue weighted by atomic mass is 10.1. The highest BCUT2D eigenvalue weighted by molar-refractivity contribution is 5.94. The molecule has 1 aromatic heterocycles. The van der Waals surface area contributed by atoms with Gasteiger partial charge in [0.2, 0.25) is 0 Å². The Hall–Kier alpha value is -2.41. The summed E-state index contributed by atoms with van der Waals surface area (Å²) in [5.74, 6) is 0.542. The molecule has 0 fully saturated rings. The summed E-state index contributed by atoms with van der Waals surface area (Å²) in [5, 5.41) is 13.0. The number of rotatable bonds is 7. The van der Waals surface area contributed by atoms with Gasteiger partial charge in [-0.15, -0.1) is 0 Å². The topological polar surface area (TPSA) is 106 Å². The van der Waals surface area contributed by atoms with Crippen LogP contribution in [0.25, 0.3) is 0 Å². The Morgan fingerprint density at radius 2 is 2.33 bits per heavy atom. The molecule has 7 heteroatoms. The van der Waals surface area contributed by atoms with Crippen LogP contribution in [0.5, 0.6) is 5.75 Å². The summed E-state index contributed by atoms with van der Waals surface area (Å²) < 4.78 is 5.51. The van der Waals surface area contributed by atoms with E-state index >= 15 is 0 Å². The summed E-state index contributed by atoms with van der Waals surface area (Å²) in [6, 6.07) is 5.37. The number of amides is 1. The zero-order valence-corrected chi connectivity index (χ0v) is 11.9. The third kappa shape index (κ3) is 4.28. The first-order valence-electron chi connectivity index (χ1n) is 6.77. The van der Waals surface area contributed by atoms with Crippen LogP contribution >= 0.6 is 0 Å². The van der Waals surface area contributed by atoms with Gasteiger partial charge in [-0.3, -0.25) is 4.79 Å². The highest BCUT2D eigenvalue weighted by Gasteiger charge is 2.09. The van der Waals surface area contributed by atoms with Crippen LogP contribution < -0.4 is 15.8 Å². The number of hydrogen-bond donors (Lipinski definition) is 3. The smallest absolute Gasteiger partial charge is 0.251 e. The number of aromatic nitrogens is 3. The van der Waals surface area contributed by atoms with Gasteiger partial charge >= 0.3 is 0 Å². The molecule has 0 radical (unpaired) electrons. The van der Waals surface area contributed by atoms with E-state index in [2.05, 4.69) is 20.7 Å². The van der Waals surface area contributed by atoms with Crippen molar-refractivity contribution in [2.75, 3.05) is 19.7 Å². The van der Waals surface area contributed by atoms with Crippen molar-refractivity contribution in [1.82, 2.24) is 20.7 Å². The standard InChI is InChI=1S/C14H19N5O2/c1-10-2-3-11(8-13(10)21-7-5-15)14(20)16-6-4-12-9-17-19-18-12/h2-3,8-9H,4-7,15H2,1H3,(H,16,20)(H,17,18,19). The number of hydrogen-bond acceptors (Lipinski definition) is 5. The average Bonchev–Trinajstić information content (AvgIpc) is 2.99. The minimum atomic E-state index is -0.143. The number of aromatic amines is 1. The van der Waals surface area contributed by atoms with E-state index in [4.69, 9.17) is 10.5 Å². The normalized spacial score (nSPS) is 10.4. The Morgan fingerprint density at radius 3 is 3.05 bits per heavy atom. The fourth-order valence-electron chi connectivity index (χ4n) is 1.82. The third-order valence-corrected chi connectivity index (χ3v) is 2.96. The van der Waals surface area contributed by atoms with Crippen molar-refractivity contribution >= 4 is 5.91 Å². The van der Waals surface area contributed by atoms with Gasteiger partial charge in [-0.2, -0.15) is 15.4 Å². The van der Waals surface area contributed by atoms with E-state index in [-0.39, 0.29) is 5.91 Å². The first-order valence-corrected chi connectivity index (χ1v) is 6.77. The number of nitrogens with one attached hydrogen (secondary N) is 2. The van der Waals surface area contributed by atoms with Crippen LogP contribution in [0, 0.1) is 6.92 Å². The predicted octanol–water partition coefficient (Wildman–Crippen LogP) is 0.423. The summed E-state index contributed by atoms with van der Waals surface area (Å²) in [6.45, 7) is 3.29. The molecule has 0 saturated heterocycles. The number of carbonyl (C=O) groups excluding carboxylic acids is 1. The molecule has 1 amide bonds. The van der Waals surface area contributed by atoms with Gasteiger partial charge in [0.1, 0.15) is 12.4 Å². The van der Waals surface area contributed by atoms with Gasteiger partial charge in [0.25, 0.3) is 5.91 Å². The molecule has 2 rings (SSSR count). The van der Waals surface area contributed by atoms with Gasteiger partial charge in [0.15, 0.2) is 0 Å². The Morgan fingerprint density at radius 1 is 1.48 bits per heavy atom. The molecule has 0 saturated carbocycles. The molecular formula is C14H19N5O2. The van der Waals surface area contributed by atoms with E-state index in [1.807, 2.05) is 13.0 Å². The average molecular weight is 289 g/mol. The summed E-state index contributed by atoms with van der Waals surface area (Å²) in [7, 11) is 0. The van der Waals surface area contributed by atoms with Crippen LogP contribution in [0.3, 0.4) is 0 Å². The van der Waals surface area contributed by atoms with Crippen LogP contribution in [0.15, 0.2) is 24.4 Å². The molecular weight excluding hydrogens is 270 g/mol. The van der Waals surface area contributed by atoms with E-state index < -0.39 is 0 Å². The molecule has 1 aromatic carbocycles. The van der Waals surface area contributed by atoms with Gasteiger partial charge in [-0.05, 0) is 24.6 Å². The molecule has 21 heavy (non-hydrogen) atoms. The molecule has 0 unspecified atom stereocenters. The molecule has 0 bridgehead atoms. The van der Waals surface area contributed by atoms with Crippen LogP contribution in [-0.4, -0.2) is 41.0 Å². The lowest BCUT2D eigenvalue weighted by Gasteiger charge is -2.10. The Bertz CT molecular complexity index is 583. The molecule has 0 atom stereocenters. The van der Waals surface area contributed by atoms with Crippen LogP contribution in [0.1, 0.15) is 21.6 Å². The van der Waals surface area contributed by atoms with Crippen molar-refractivity contribution in [2.45, 2.75) is 13.3 Å². The fraction of sp³-hybridized carbons (Fsp3) is 0.357. The lowest BCUT2D eigenvalue weighted by Crippen LogP contribution is -2.25. The second kappa shape index (κ2) is 7.39. The van der Waals surface area contributed by atoms with Crippen LogP contribution in [-0.2, 0) is 6.42 Å². The molecule has 7 nitrogen and oxygen atoms in total. The van der Waals surface area contributed by atoms with Crippen molar-refractivity contribution in [3.8, 4) is 5.75 Å². The van der Waals surface area contributed by atoms with Gasteiger partial charge in [0, 0.05) is 25.1 Å². The Balaban J connectivity index is 1.92. The maximum absolute atomic E-state index is 12.1. The molecule has 0 aliphatic carbocycles. The quantitative estimate of drug-likeness (QED) is 0.685. The lowest BCUT2D eigenvalue weighted by molar-refractivity contribution is 0.0953. The van der Waals surface area contributed by atoms with Crippen molar-refractivity contribution < 1.29 is 9.53 Å². The second-order valence-corrected chi connectivity index (χ2v) is 4.58. The van der Waals surface area contributed by atoms with Crippen molar-refractivity contribution in [1.29, 1.82) is 0 Å². The van der Waals surface area contributed by atoms with E-state index in [0.717, 1.165) is 11.3 Å². The molecule has 1 heterocycles. The number of ether oxygens (including phenoxy) is 1. The van der Waals surface area contributed by atoms with Crippen LogP contribution in [0.2, 0.25) is 0 Å². The third-order valence-electron chi connectivity index (χ3n) is 2.96. The van der Waals surface area contributed by atoms with E-state index in [1.165, 1.54) is 0 Å². The van der Waals surface area contributed by atoms with Crippen LogP contribution in [0.4, 0.5) is 0 Å². The number of nitrogens with two attached hydrogens (primary N) is 1. The molecule has 2 aromatic rings. The first kappa shape index (κ1) is 15.0. The first-order chi connectivity index (χ1) is 10.2. The minimum Gasteiger partial charge on any atom is -0.492 e. The zero-order chi connectivity index (χ0) is 15.1. The zero-order valence-electron chi connectivity index (χ0n) is 11.9. The SMILES string of the molecule is Cc1ccc(C(=O)NCCc2cn[nH]n2)cc1OCCN. The number of nitrogens with zero attached hydrogens (tertiary/aromatic N) is 2. The Labute approximate surface area is 122 Å². The van der Waals surface area contributed by atoms with E-state index in [1.54, 1.807) is 18.3 Å². The summed E-state index contributed by atoms with van der Waals surface area (Å²) in [4.78, 5) is 12.1. The Kier molecular flexibility index (Phi) is 5.28. The van der Waals surface area contributed by atoms with Gasteiger partial charge < -0.3 is 15.8 Å². The number of benzene rings is 1. The van der Waals surface area contributed by atoms with Gasteiger partial charge in [-0.25, -0.2) is 0 Å². The van der Waals surface area contributed by atoms with Crippen molar-refractivity contribution in [3.05, 3.63) is 41.2 Å². The summed E-state index contributed by atoms with van der Waals surface area (Å²) in [6.07, 6.45) is 2.27. The largest absolute Gasteiger partial charge is 0.492 e. The molecule has 0 aliphatic rings. The highest BCUT2D eigenvalue weighted by Crippen LogP contribution is 2.19. The second-order valence-electron chi connectivity index (χ2n) is 4.58. The summed E-state index contributed by atoms with van der Waals surface area (Å²) in [5.41, 5.74) is 7.77.